The zero-order chi connectivity index (χ0) is 15.5. The van der Waals surface area contributed by atoms with E-state index in [0.717, 1.165) is 5.69 Å². The molecule has 3 N–H and O–H groups in total. The molecule has 1 aromatic carbocycles. The van der Waals surface area contributed by atoms with E-state index in [-0.39, 0.29) is 36.1 Å². The van der Waals surface area contributed by atoms with E-state index in [1.165, 1.54) is 0 Å². The van der Waals surface area contributed by atoms with Crippen molar-refractivity contribution in [2.75, 3.05) is 18.4 Å². The molecule has 6 nitrogen and oxygen atoms in total. The second-order valence-corrected chi connectivity index (χ2v) is 6.04. The number of aliphatic imine (C=N–C) groups is 1. The summed E-state index contributed by atoms with van der Waals surface area (Å²) in [5.74, 6) is 0.357. The minimum atomic E-state index is -0.473. The lowest BCUT2D eigenvalue weighted by Gasteiger charge is -2.37. The van der Waals surface area contributed by atoms with E-state index in [2.05, 4.69) is 10.3 Å². The molecule has 0 radical (unpaired) electrons. The lowest BCUT2D eigenvalue weighted by molar-refractivity contribution is 0.00905. The zero-order valence-corrected chi connectivity index (χ0v) is 15.4. The predicted molar refractivity (Wildman–Crippen MR) is 98.7 cm³/mol. The van der Waals surface area contributed by atoms with Gasteiger partial charge in [-0.25, -0.2) is 9.79 Å². The van der Waals surface area contributed by atoms with Gasteiger partial charge in [0, 0.05) is 18.8 Å². The van der Waals surface area contributed by atoms with Crippen LogP contribution in [0.4, 0.5) is 10.5 Å². The maximum atomic E-state index is 11.8. The van der Waals surface area contributed by atoms with Gasteiger partial charge in [0.1, 0.15) is 5.60 Å². The summed E-state index contributed by atoms with van der Waals surface area (Å²) in [6.45, 7) is 6.62. The Morgan fingerprint density at radius 3 is 2.45 bits per heavy atom. The summed E-state index contributed by atoms with van der Waals surface area (Å²) in [6, 6.07) is 9.62. The number of likely N-dealkylation sites (tertiary alicyclic amines) is 1. The maximum Gasteiger partial charge on any atom is 0.410 e. The number of hydrogen-bond donors (Lipinski definition) is 2. The van der Waals surface area contributed by atoms with Crippen molar-refractivity contribution in [1.29, 1.82) is 0 Å². The van der Waals surface area contributed by atoms with Crippen LogP contribution in [0.5, 0.6) is 0 Å². The largest absolute Gasteiger partial charge is 0.444 e. The Hall–Kier alpha value is -1.51. The fourth-order valence-corrected chi connectivity index (χ4v) is 1.91. The normalized spacial score (nSPS) is 15.6. The number of benzene rings is 1. The molecule has 1 heterocycles. The van der Waals surface area contributed by atoms with E-state index in [0.29, 0.717) is 19.0 Å². The van der Waals surface area contributed by atoms with E-state index < -0.39 is 5.60 Å². The average Bonchev–Trinajstić information content (AvgIpc) is 2.32. The number of carbonyl (C=O) groups excluding carboxylic acids is 1. The van der Waals surface area contributed by atoms with Crippen LogP contribution in [0.1, 0.15) is 20.8 Å². The molecule has 0 unspecified atom stereocenters. The number of carbonyl (C=O) groups is 1. The lowest BCUT2D eigenvalue weighted by Crippen LogP contribution is -2.54. The number of amides is 1. The van der Waals surface area contributed by atoms with Crippen LogP contribution in [0.3, 0.4) is 0 Å². The first kappa shape index (κ1) is 18.5. The number of para-hydroxylation sites is 1. The second-order valence-electron chi connectivity index (χ2n) is 6.04. The zero-order valence-electron chi connectivity index (χ0n) is 13.1. The molecule has 1 aromatic rings. The van der Waals surface area contributed by atoms with Crippen molar-refractivity contribution in [3.63, 3.8) is 0 Å². The number of nitrogens with two attached hydrogens (primary N) is 1. The van der Waals surface area contributed by atoms with Crippen molar-refractivity contribution in [3.05, 3.63) is 30.3 Å². The summed E-state index contributed by atoms with van der Waals surface area (Å²) < 4.78 is 5.28. The first-order chi connectivity index (χ1) is 9.83. The van der Waals surface area contributed by atoms with Crippen LogP contribution in [-0.2, 0) is 4.74 Å². The summed E-state index contributed by atoms with van der Waals surface area (Å²) in [7, 11) is 0. The smallest absolute Gasteiger partial charge is 0.410 e. The highest BCUT2D eigenvalue weighted by molar-refractivity contribution is 14.0. The Morgan fingerprint density at radius 1 is 1.32 bits per heavy atom. The van der Waals surface area contributed by atoms with Gasteiger partial charge in [0.05, 0.1) is 6.04 Å². The van der Waals surface area contributed by atoms with Gasteiger partial charge in [0.25, 0.3) is 0 Å². The van der Waals surface area contributed by atoms with Crippen molar-refractivity contribution in [2.45, 2.75) is 32.4 Å². The van der Waals surface area contributed by atoms with Gasteiger partial charge in [0.15, 0.2) is 5.96 Å². The van der Waals surface area contributed by atoms with Crippen molar-refractivity contribution >= 4 is 41.7 Å². The third-order valence-corrected chi connectivity index (χ3v) is 2.88. The molecule has 0 aliphatic carbocycles. The molecule has 1 aliphatic heterocycles. The highest BCUT2D eigenvalue weighted by Gasteiger charge is 2.33. The topological polar surface area (TPSA) is 80.0 Å². The fourth-order valence-electron chi connectivity index (χ4n) is 1.91. The van der Waals surface area contributed by atoms with Crippen LogP contribution < -0.4 is 11.1 Å². The number of guanidine groups is 1. The van der Waals surface area contributed by atoms with Crippen molar-refractivity contribution < 1.29 is 9.53 Å². The molecule has 7 heteroatoms. The molecule has 0 bridgehead atoms. The predicted octanol–water partition coefficient (Wildman–Crippen LogP) is 2.65. The van der Waals surface area contributed by atoms with E-state index in [1.54, 1.807) is 4.90 Å². The number of nitrogens with zero attached hydrogens (tertiary/aromatic N) is 2. The molecule has 2 rings (SSSR count). The molecule has 1 saturated heterocycles. The van der Waals surface area contributed by atoms with Crippen LogP contribution in [0.2, 0.25) is 0 Å². The number of anilines is 1. The van der Waals surface area contributed by atoms with E-state index in [1.807, 2.05) is 51.1 Å². The third-order valence-electron chi connectivity index (χ3n) is 2.88. The Bertz CT molecular complexity index is 522. The van der Waals surface area contributed by atoms with Crippen LogP contribution in [-0.4, -0.2) is 41.7 Å². The molecule has 22 heavy (non-hydrogen) atoms. The molecule has 0 aromatic heterocycles. The highest BCUT2D eigenvalue weighted by atomic mass is 127. The average molecular weight is 418 g/mol. The van der Waals surface area contributed by atoms with Crippen LogP contribution in [0.25, 0.3) is 0 Å². The number of rotatable bonds is 2. The van der Waals surface area contributed by atoms with Gasteiger partial charge < -0.3 is 20.7 Å². The fraction of sp³-hybridized carbons (Fsp3) is 0.467. The Labute approximate surface area is 148 Å². The van der Waals surface area contributed by atoms with E-state index in [9.17, 15) is 4.79 Å². The Balaban J connectivity index is 0.00000242. The summed E-state index contributed by atoms with van der Waals surface area (Å²) in [6.07, 6.45) is -0.302. The standard InChI is InChI=1S/C15H22N4O2.HI/c1-15(2,3)21-14(20)19-9-12(10-19)18-13(16)17-11-7-5-4-6-8-11;/h4-8,12H,9-10H2,1-3H3,(H3,16,17,18);1H. The Morgan fingerprint density at radius 2 is 1.91 bits per heavy atom. The Kier molecular flexibility index (Phi) is 6.46. The SMILES string of the molecule is CC(C)(C)OC(=O)N1CC(N=C(N)Nc2ccccc2)C1.I. The van der Waals surface area contributed by atoms with Crippen LogP contribution in [0, 0.1) is 0 Å². The van der Waals surface area contributed by atoms with Gasteiger partial charge in [-0.3, -0.25) is 0 Å². The summed E-state index contributed by atoms with van der Waals surface area (Å²) >= 11 is 0. The molecular formula is C15H23IN4O2. The summed E-state index contributed by atoms with van der Waals surface area (Å²) in [5.41, 5.74) is 6.26. The van der Waals surface area contributed by atoms with Gasteiger partial charge in [0.2, 0.25) is 0 Å². The maximum absolute atomic E-state index is 11.8. The molecule has 0 atom stereocenters. The van der Waals surface area contributed by atoms with Gasteiger partial charge in [-0.15, -0.1) is 24.0 Å². The molecule has 0 spiro atoms. The number of ether oxygens (including phenoxy) is 1. The van der Waals surface area contributed by atoms with Crippen molar-refractivity contribution in [1.82, 2.24) is 4.90 Å². The summed E-state index contributed by atoms with van der Waals surface area (Å²) in [4.78, 5) is 17.7. The van der Waals surface area contributed by atoms with Gasteiger partial charge >= 0.3 is 6.09 Å². The lowest BCUT2D eigenvalue weighted by atomic mass is 10.1. The molecule has 0 saturated carbocycles. The number of hydrogen-bond acceptors (Lipinski definition) is 3. The van der Waals surface area contributed by atoms with Gasteiger partial charge in [-0.1, -0.05) is 18.2 Å². The quantitative estimate of drug-likeness (QED) is 0.440. The monoisotopic (exact) mass is 418 g/mol. The van der Waals surface area contributed by atoms with Crippen molar-refractivity contribution in [2.24, 2.45) is 10.7 Å². The molecule has 1 fully saturated rings. The third kappa shape index (κ3) is 5.70. The van der Waals surface area contributed by atoms with Crippen LogP contribution >= 0.6 is 24.0 Å². The number of halogens is 1. The van der Waals surface area contributed by atoms with E-state index in [4.69, 9.17) is 10.5 Å². The van der Waals surface area contributed by atoms with E-state index >= 15 is 0 Å². The highest BCUT2D eigenvalue weighted by Crippen LogP contribution is 2.17. The van der Waals surface area contributed by atoms with Gasteiger partial charge in [-0.05, 0) is 32.9 Å². The first-order valence-corrected chi connectivity index (χ1v) is 6.97. The second kappa shape index (κ2) is 7.66. The molecule has 1 aliphatic rings. The van der Waals surface area contributed by atoms with Crippen molar-refractivity contribution in [3.8, 4) is 0 Å². The number of nitrogens with one attached hydrogen (secondary N) is 1. The minimum Gasteiger partial charge on any atom is -0.444 e. The molecule has 1 amide bonds. The van der Waals surface area contributed by atoms with Gasteiger partial charge in [-0.2, -0.15) is 0 Å². The first-order valence-electron chi connectivity index (χ1n) is 6.97. The van der Waals surface area contributed by atoms with Crippen LogP contribution in [0.15, 0.2) is 35.3 Å². The molecule has 122 valence electrons. The minimum absolute atomic E-state index is 0. The molecular weight excluding hydrogens is 395 g/mol. The summed E-state index contributed by atoms with van der Waals surface area (Å²) in [5, 5.41) is 3.02.